The summed E-state index contributed by atoms with van der Waals surface area (Å²) in [6.07, 6.45) is 9.76. The highest BCUT2D eigenvalue weighted by Crippen LogP contribution is 2.29. The summed E-state index contributed by atoms with van der Waals surface area (Å²) in [6.45, 7) is 2.19. The first-order chi connectivity index (χ1) is 6.81. The Morgan fingerprint density at radius 2 is 2.43 bits per heavy atom. The van der Waals surface area contributed by atoms with Gasteiger partial charge in [-0.25, -0.2) is 4.98 Å². The van der Waals surface area contributed by atoms with Gasteiger partial charge in [-0.3, -0.25) is 0 Å². The molecule has 0 bridgehead atoms. The summed E-state index contributed by atoms with van der Waals surface area (Å²) in [7, 11) is 0. The summed E-state index contributed by atoms with van der Waals surface area (Å²) in [5.41, 5.74) is 5.92. The summed E-state index contributed by atoms with van der Waals surface area (Å²) in [6, 6.07) is 1.01. The fraction of sp³-hybridized carbons (Fsp3) is 0.727. The average molecular weight is 193 g/mol. The van der Waals surface area contributed by atoms with E-state index in [0.717, 1.165) is 25.7 Å². The van der Waals surface area contributed by atoms with Crippen LogP contribution in [0.15, 0.2) is 12.4 Å². The fourth-order valence-electron chi connectivity index (χ4n) is 2.34. The van der Waals surface area contributed by atoms with E-state index in [0.29, 0.717) is 12.1 Å². The average Bonchev–Trinajstić information content (AvgIpc) is 2.74. The summed E-state index contributed by atoms with van der Waals surface area (Å²) in [4.78, 5) is 4.40. The highest BCUT2D eigenvalue weighted by Gasteiger charge is 2.24. The molecule has 2 rings (SSSR count). The molecule has 0 aliphatic heterocycles. The first-order valence-electron chi connectivity index (χ1n) is 5.58. The van der Waals surface area contributed by atoms with E-state index >= 15 is 0 Å². The number of imidazole rings is 1. The molecule has 14 heavy (non-hydrogen) atoms. The second-order valence-electron chi connectivity index (χ2n) is 4.23. The second-order valence-corrected chi connectivity index (χ2v) is 4.23. The van der Waals surface area contributed by atoms with Crippen LogP contribution in [0.2, 0.25) is 0 Å². The Kier molecular flexibility index (Phi) is 2.87. The third-order valence-electron chi connectivity index (χ3n) is 3.06. The lowest BCUT2D eigenvalue weighted by Gasteiger charge is -2.14. The fourth-order valence-corrected chi connectivity index (χ4v) is 2.34. The van der Waals surface area contributed by atoms with Crippen LogP contribution in [-0.2, 0) is 6.42 Å². The number of rotatable bonds is 3. The Labute approximate surface area is 85.3 Å². The molecule has 3 heteroatoms. The largest absolute Gasteiger partial charge is 0.332 e. The lowest BCUT2D eigenvalue weighted by Crippen LogP contribution is -2.16. The van der Waals surface area contributed by atoms with E-state index in [9.17, 15) is 0 Å². The van der Waals surface area contributed by atoms with Crippen LogP contribution < -0.4 is 5.73 Å². The van der Waals surface area contributed by atoms with Crippen molar-refractivity contribution in [1.29, 1.82) is 0 Å². The van der Waals surface area contributed by atoms with Crippen molar-refractivity contribution in [3.05, 3.63) is 18.2 Å². The molecule has 1 aliphatic rings. The number of nitrogens with two attached hydrogens (primary N) is 1. The van der Waals surface area contributed by atoms with Gasteiger partial charge >= 0.3 is 0 Å². The van der Waals surface area contributed by atoms with Gasteiger partial charge in [0.05, 0.1) is 0 Å². The molecule has 1 aromatic heterocycles. The molecule has 2 N–H and O–H groups in total. The van der Waals surface area contributed by atoms with E-state index in [1.54, 1.807) is 0 Å². The number of hydrogen-bond acceptors (Lipinski definition) is 2. The van der Waals surface area contributed by atoms with Crippen molar-refractivity contribution in [2.24, 2.45) is 5.73 Å². The highest BCUT2D eigenvalue weighted by atomic mass is 15.1. The standard InChI is InChI=1S/C11H19N3/c1-2-3-11-13-6-7-14(11)10-5-4-9(12)8-10/h6-7,9-10H,2-5,8,12H2,1H3. The van der Waals surface area contributed by atoms with Gasteiger partial charge in [-0.15, -0.1) is 0 Å². The zero-order valence-electron chi connectivity index (χ0n) is 8.82. The molecule has 3 nitrogen and oxygen atoms in total. The predicted molar refractivity (Wildman–Crippen MR) is 57.1 cm³/mol. The second kappa shape index (κ2) is 4.13. The van der Waals surface area contributed by atoms with E-state index < -0.39 is 0 Å². The summed E-state index contributed by atoms with van der Waals surface area (Å²) in [5, 5.41) is 0. The minimum atomic E-state index is 0.400. The molecule has 1 saturated carbocycles. The lowest BCUT2D eigenvalue weighted by atomic mass is 10.2. The van der Waals surface area contributed by atoms with Crippen molar-refractivity contribution >= 4 is 0 Å². The van der Waals surface area contributed by atoms with E-state index in [1.165, 1.54) is 12.2 Å². The Morgan fingerprint density at radius 3 is 3.07 bits per heavy atom. The van der Waals surface area contributed by atoms with Gasteiger partial charge < -0.3 is 10.3 Å². The molecule has 0 aromatic carbocycles. The van der Waals surface area contributed by atoms with Gasteiger partial charge in [0.25, 0.3) is 0 Å². The van der Waals surface area contributed by atoms with Crippen LogP contribution in [0.4, 0.5) is 0 Å². The lowest BCUT2D eigenvalue weighted by molar-refractivity contribution is 0.488. The van der Waals surface area contributed by atoms with E-state index in [2.05, 4.69) is 22.7 Å². The van der Waals surface area contributed by atoms with E-state index in [4.69, 9.17) is 5.73 Å². The van der Waals surface area contributed by atoms with Crippen LogP contribution in [0.1, 0.15) is 44.5 Å². The Morgan fingerprint density at radius 1 is 1.57 bits per heavy atom. The van der Waals surface area contributed by atoms with Crippen molar-refractivity contribution < 1.29 is 0 Å². The molecule has 0 spiro atoms. The molecule has 78 valence electrons. The van der Waals surface area contributed by atoms with Crippen LogP contribution in [0.25, 0.3) is 0 Å². The van der Waals surface area contributed by atoms with Crippen LogP contribution in [0.3, 0.4) is 0 Å². The third-order valence-corrected chi connectivity index (χ3v) is 3.06. The van der Waals surface area contributed by atoms with Gasteiger partial charge in [-0.05, 0) is 25.7 Å². The number of aromatic nitrogens is 2. The first kappa shape index (κ1) is 9.71. The predicted octanol–water partition coefficient (Wildman–Crippen LogP) is 1.89. The zero-order chi connectivity index (χ0) is 9.97. The molecule has 1 aromatic rings. The molecule has 0 radical (unpaired) electrons. The van der Waals surface area contributed by atoms with E-state index in [-0.39, 0.29) is 0 Å². The van der Waals surface area contributed by atoms with Crippen LogP contribution >= 0.6 is 0 Å². The minimum Gasteiger partial charge on any atom is -0.332 e. The molecule has 0 amide bonds. The maximum absolute atomic E-state index is 5.92. The van der Waals surface area contributed by atoms with E-state index in [1.807, 2.05) is 6.20 Å². The molecule has 1 heterocycles. The molecular weight excluding hydrogens is 174 g/mol. The third kappa shape index (κ3) is 1.82. The molecule has 0 saturated heterocycles. The van der Waals surface area contributed by atoms with Gasteiger partial charge in [0.1, 0.15) is 5.82 Å². The van der Waals surface area contributed by atoms with Crippen LogP contribution in [0, 0.1) is 0 Å². The number of aryl methyl sites for hydroxylation is 1. The van der Waals surface area contributed by atoms with Crippen LogP contribution in [0.5, 0.6) is 0 Å². The SMILES string of the molecule is CCCc1nccn1C1CCC(N)C1. The summed E-state index contributed by atoms with van der Waals surface area (Å²) >= 11 is 0. The molecular formula is C11H19N3. The van der Waals surface area contributed by atoms with Crippen LogP contribution in [-0.4, -0.2) is 15.6 Å². The molecule has 1 aliphatic carbocycles. The molecule has 2 unspecified atom stereocenters. The van der Waals surface area contributed by atoms with Crippen molar-refractivity contribution in [2.45, 2.75) is 51.1 Å². The van der Waals surface area contributed by atoms with Gasteiger partial charge in [-0.1, -0.05) is 6.92 Å². The molecule has 1 fully saturated rings. The Bertz CT molecular complexity index is 292. The first-order valence-corrected chi connectivity index (χ1v) is 5.58. The smallest absolute Gasteiger partial charge is 0.108 e. The van der Waals surface area contributed by atoms with Crippen molar-refractivity contribution in [2.75, 3.05) is 0 Å². The number of hydrogen-bond donors (Lipinski definition) is 1. The Balaban J connectivity index is 2.11. The van der Waals surface area contributed by atoms with Gasteiger partial charge in [0, 0.05) is 30.9 Å². The maximum Gasteiger partial charge on any atom is 0.108 e. The highest BCUT2D eigenvalue weighted by molar-refractivity contribution is 4.98. The maximum atomic E-state index is 5.92. The van der Waals surface area contributed by atoms with Gasteiger partial charge in [-0.2, -0.15) is 0 Å². The normalized spacial score (nSPS) is 27.0. The summed E-state index contributed by atoms with van der Waals surface area (Å²) < 4.78 is 2.33. The van der Waals surface area contributed by atoms with Gasteiger partial charge in [0.15, 0.2) is 0 Å². The topological polar surface area (TPSA) is 43.8 Å². The van der Waals surface area contributed by atoms with Crippen molar-refractivity contribution in [1.82, 2.24) is 9.55 Å². The van der Waals surface area contributed by atoms with Crippen molar-refractivity contribution in [3.8, 4) is 0 Å². The minimum absolute atomic E-state index is 0.400. The quantitative estimate of drug-likeness (QED) is 0.796. The number of nitrogens with zero attached hydrogens (tertiary/aromatic N) is 2. The molecule has 2 atom stereocenters. The Hall–Kier alpha value is -0.830. The van der Waals surface area contributed by atoms with Gasteiger partial charge in [0.2, 0.25) is 0 Å². The van der Waals surface area contributed by atoms with Crippen molar-refractivity contribution in [3.63, 3.8) is 0 Å². The summed E-state index contributed by atoms with van der Waals surface area (Å²) in [5.74, 6) is 1.23. The monoisotopic (exact) mass is 193 g/mol. The zero-order valence-corrected chi connectivity index (χ0v) is 8.82.